The van der Waals surface area contributed by atoms with Gasteiger partial charge in [0.25, 0.3) is 0 Å². The van der Waals surface area contributed by atoms with Crippen LogP contribution in [0.5, 0.6) is 0 Å². The molecule has 6 fully saturated rings. The molecule has 3 heteroatoms. The van der Waals surface area contributed by atoms with E-state index in [0.29, 0.717) is 6.10 Å². The van der Waals surface area contributed by atoms with E-state index in [1.165, 1.54) is 82.8 Å². The highest BCUT2D eigenvalue weighted by Gasteiger charge is 2.32. The van der Waals surface area contributed by atoms with Gasteiger partial charge in [-0.15, -0.1) is 0 Å². The number of hydrogen-bond acceptors (Lipinski definition) is 3. The minimum atomic E-state index is 0.554. The summed E-state index contributed by atoms with van der Waals surface area (Å²) < 4.78 is 5.54. The van der Waals surface area contributed by atoms with Crippen LogP contribution in [0, 0.1) is 29.6 Å². The monoisotopic (exact) mass is 362 g/mol. The molecule has 3 heterocycles. The summed E-state index contributed by atoms with van der Waals surface area (Å²) in [4.78, 5) is 0. The summed E-state index contributed by atoms with van der Waals surface area (Å²) in [5, 5.41) is 6.80. The summed E-state index contributed by atoms with van der Waals surface area (Å²) in [6, 6.07) is 0. The van der Waals surface area contributed by atoms with E-state index in [1.807, 2.05) is 0 Å². The van der Waals surface area contributed by atoms with E-state index in [2.05, 4.69) is 10.6 Å². The predicted molar refractivity (Wildman–Crippen MR) is 108 cm³/mol. The van der Waals surface area contributed by atoms with Crippen molar-refractivity contribution < 1.29 is 4.74 Å². The van der Waals surface area contributed by atoms with Crippen molar-refractivity contribution in [3.05, 3.63) is 0 Å². The van der Waals surface area contributed by atoms with Gasteiger partial charge in [0.1, 0.15) is 0 Å². The third-order valence-electron chi connectivity index (χ3n) is 8.18. The second-order valence-electron chi connectivity index (χ2n) is 9.81. The molecule has 3 saturated heterocycles. The highest BCUT2D eigenvalue weighted by atomic mass is 16.5. The van der Waals surface area contributed by atoms with E-state index < -0.39 is 0 Å². The molecule has 6 atom stereocenters. The Morgan fingerprint density at radius 2 is 0.962 bits per heavy atom. The molecule has 3 aliphatic heterocycles. The number of nitrogens with one attached hydrogen (secondary N) is 2. The average molecular weight is 363 g/mol. The molecule has 0 radical (unpaired) electrons. The molecule has 0 aromatic rings. The zero-order valence-electron chi connectivity index (χ0n) is 16.9. The number of fused-ring (bicyclic) bond motifs is 3. The van der Waals surface area contributed by atoms with Gasteiger partial charge < -0.3 is 15.4 Å². The van der Waals surface area contributed by atoms with Crippen LogP contribution in [0.3, 0.4) is 0 Å². The van der Waals surface area contributed by atoms with Gasteiger partial charge in [0, 0.05) is 19.7 Å². The van der Waals surface area contributed by atoms with Crippen molar-refractivity contribution in [3.8, 4) is 0 Å². The molecule has 6 rings (SSSR count). The zero-order chi connectivity index (χ0) is 17.6. The first kappa shape index (κ1) is 19.2. The van der Waals surface area contributed by atoms with Crippen molar-refractivity contribution in [2.75, 3.05) is 32.8 Å². The Balaban J connectivity index is 0.0000000972. The second-order valence-corrected chi connectivity index (χ2v) is 9.81. The Bertz CT molecular complexity index is 353. The van der Waals surface area contributed by atoms with E-state index in [9.17, 15) is 0 Å². The van der Waals surface area contributed by atoms with E-state index in [1.54, 1.807) is 25.7 Å². The lowest BCUT2D eigenvalue weighted by atomic mass is 9.66. The maximum absolute atomic E-state index is 5.54. The standard InChI is InChI=1S/C8H15N.C8H14.C7H13NO/c1-2-4-8-6-9-5-7(8)3-1;1-2-4-8-6-5-7(8)3-1;1-2-6-4-8-5-7(6)9-3-1/h7-9H,1-6H2;7-8H,1-6H2;6-8H,1-5H2. The van der Waals surface area contributed by atoms with E-state index in [4.69, 9.17) is 4.74 Å². The van der Waals surface area contributed by atoms with Crippen LogP contribution >= 0.6 is 0 Å². The van der Waals surface area contributed by atoms with Gasteiger partial charge in [0.15, 0.2) is 0 Å². The van der Waals surface area contributed by atoms with Gasteiger partial charge in [-0.3, -0.25) is 0 Å². The summed E-state index contributed by atoms with van der Waals surface area (Å²) in [6.45, 7) is 5.88. The van der Waals surface area contributed by atoms with Crippen LogP contribution in [0.4, 0.5) is 0 Å². The summed E-state index contributed by atoms with van der Waals surface area (Å²) in [5.74, 6) is 5.31. The summed E-state index contributed by atoms with van der Waals surface area (Å²) in [6.07, 6.45) is 18.5. The van der Waals surface area contributed by atoms with Crippen LogP contribution in [0.2, 0.25) is 0 Å². The molecule has 6 aliphatic rings. The molecule has 0 bridgehead atoms. The highest BCUT2D eigenvalue weighted by Crippen LogP contribution is 2.44. The van der Waals surface area contributed by atoms with Gasteiger partial charge in [-0.05, 0) is 81.2 Å². The molecule has 0 aromatic heterocycles. The molecule has 3 aliphatic carbocycles. The molecule has 0 amide bonds. The lowest BCUT2D eigenvalue weighted by molar-refractivity contribution is 0.000755. The maximum Gasteiger partial charge on any atom is 0.0739 e. The molecule has 2 N–H and O–H groups in total. The molecular weight excluding hydrogens is 320 g/mol. The fraction of sp³-hybridized carbons (Fsp3) is 1.00. The molecule has 6 unspecified atom stereocenters. The molecule has 0 aromatic carbocycles. The topological polar surface area (TPSA) is 33.3 Å². The maximum atomic E-state index is 5.54. The number of ether oxygens (including phenoxy) is 1. The lowest BCUT2D eigenvalue weighted by Crippen LogP contribution is -2.28. The van der Waals surface area contributed by atoms with Gasteiger partial charge in [0.05, 0.1) is 6.10 Å². The third kappa shape index (κ3) is 5.02. The average Bonchev–Trinajstić information content (AvgIpc) is 3.33. The molecule has 150 valence electrons. The van der Waals surface area contributed by atoms with Gasteiger partial charge in [-0.1, -0.05) is 38.5 Å². The van der Waals surface area contributed by atoms with Crippen LogP contribution in [0.25, 0.3) is 0 Å². The minimum absolute atomic E-state index is 0.554. The Morgan fingerprint density at radius 3 is 1.50 bits per heavy atom. The predicted octanol–water partition coefficient (Wildman–Crippen LogP) is 4.37. The first-order chi connectivity index (χ1) is 12.9. The fourth-order valence-corrected chi connectivity index (χ4v) is 6.26. The second kappa shape index (κ2) is 9.89. The van der Waals surface area contributed by atoms with Crippen LogP contribution in [0.1, 0.15) is 77.0 Å². The Morgan fingerprint density at radius 1 is 0.462 bits per heavy atom. The van der Waals surface area contributed by atoms with Crippen molar-refractivity contribution in [3.63, 3.8) is 0 Å². The first-order valence-corrected chi connectivity index (χ1v) is 11.9. The van der Waals surface area contributed by atoms with Gasteiger partial charge in [-0.2, -0.15) is 0 Å². The summed E-state index contributed by atoms with van der Waals surface area (Å²) >= 11 is 0. The van der Waals surface area contributed by atoms with Gasteiger partial charge in [-0.25, -0.2) is 0 Å². The van der Waals surface area contributed by atoms with Crippen LogP contribution in [-0.4, -0.2) is 38.9 Å². The Kier molecular flexibility index (Phi) is 7.30. The minimum Gasteiger partial charge on any atom is -0.377 e. The molecule has 3 nitrogen and oxygen atoms in total. The molecule has 3 saturated carbocycles. The Hall–Kier alpha value is -0.120. The van der Waals surface area contributed by atoms with Crippen molar-refractivity contribution >= 4 is 0 Å². The molecule has 26 heavy (non-hydrogen) atoms. The van der Waals surface area contributed by atoms with Crippen LogP contribution in [-0.2, 0) is 4.74 Å². The molecular formula is C23H42N2O. The lowest BCUT2D eigenvalue weighted by Gasteiger charge is -2.40. The summed E-state index contributed by atoms with van der Waals surface area (Å²) in [7, 11) is 0. The van der Waals surface area contributed by atoms with Gasteiger partial charge in [0.2, 0.25) is 0 Å². The molecule has 0 spiro atoms. The van der Waals surface area contributed by atoms with Crippen LogP contribution < -0.4 is 10.6 Å². The fourth-order valence-electron chi connectivity index (χ4n) is 6.26. The van der Waals surface area contributed by atoms with Crippen molar-refractivity contribution in [1.29, 1.82) is 0 Å². The smallest absolute Gasteiger partial charge is 0.0739 e. The van der Waals surface area contributed by atoms with E-state index in [0.717, 1.165) is 30.9 Å². The Labute approximate surface area is 161 Å². The first-order valence-electron chi connectivity index (χ1n) is 11.9. The highest BCUT2D eigenvalue weighted by molar-refractivity contribution is 4.85. The largest absolute Gasteiger partial charge is 0.377 e. The SMILES string of the molecule is C1CCC2CCC2C1.C1CCC2CNCC2C1.C1COC2CNCC2C1. The van der Waals surface area contributed by atoms with Crippen molar-refractivity contribution in [1.82, 2.24) is 10.6 Å². The van der Waals surface area contributed by atoms with Gasteiger partial charge >= 0.3 is 0 Å². The quantitative estimate of drug-likeness (QED) is 0.671. The number of hydrogen-bond donors (Lipinski definition) is 2. The van der Waals surface area contributed by atoms with Crippen molar-refractivity contribution in [2.24, 2.45) is 29.6 Å². The van der Waals surface area contributed by atoms with Crippen LogP contribution in [0.15, 0.2) is 0 Å². The zero-order valence-corrected chi connectivity index (χ0v) is 16.9. The normalized spacial score (nSPS) is 43.4. The third-order valence-corrected chi connectivity index (χ3v) is 8.18. The van der Waals surface area contributed by atoms with E-state index >= 15 is 0 Å². The number of rotatable bonds is 0. The van der Waals surface area contributed by atoms with Crippen molar-refractivity contribution in [2.45, 2.75) is 83.2 Å². The summed E-state index contributed by atoms with van der Waals surface area (Å²) in [5.41, 5.74) is 0. The van der Waals surface area contributed by atoms with E-state index in [-0.39, 0.29) is 0 Å².